The van der Waals surface area contributed by atoms with Crippen molar-refractivity contribution in [3.05, 3.63) is 24.3 Å². The number of benzene rings is 1. The number of halogens is 1. The molecule has 0 unspecified atom stereocenters. The molecule has 9 N–H and O–H groups in total. The number of hydrogen-bond acceptors (Lipinski definition) is 10. The Morgan fingerprint density at radius 3 is 1.91 bits per heavy atom. The van der Waals surface area contributed by atoms with Gasteiger partial charge in [-0.1, -0.05) is 46.0 Å². The smallest absolute Gasteiger partial charge is 0.337 e. The van der Waals surface area contributed by atoms with Crippen molar-refractivity contribution in [3.63, 3.8) is 0 Å². The summed E-state index contributed by atoms with van der Waals surface area (Å²) in [6, 6.07) is -0.913. The van der Waals surface area contributed by atoms with Crippen molar-refractivity contribution < 1.29 is 51.3 Å². The van der Waals surface area contributed by atoms with Crippen molar-refractivity contribution in [2.24, 2.45) is 17.6 Å². The second-order valence-corrected chi connectivity index (χ2v) is 14.1. The summed E-state index contributed by atoms with van der Waals surface area (Å²) in [6.45, 7) is 4.97. The summed E-state index contributed by atoms with van der Waals surface area (Å²) in [5, 5.41) is 24.8. The topological polar surface area (TPSA) is 273 Å². The van der Waals surface area contributed by atoms with Crippen molar-refractivity contribution in [2.45, 2.75) is 115 Å². The van der Waals surface area contributed by atoms with Crippen LogP contribution in [0.5, 0.6) is 5.75 Å². The van der Waals surface area contributed by atoms with Gasteiger partial charge in [0.2, 0.25) is 29.5 Å². The zero-order chi connectivity index (χ0) is 40.4. The highest BCUT2D eigenvalue weighted by Crippen LogP contribution is 2.27. The van der Waals surface area contributed by atoms with Crippen LogP contribution < -0.4 is 42.4 Å². The second-order valence-electron chi connectivity index (χ2n) is 13.7. The number of carbonyl (C=O) groups excluding carboxylic acids is 7. The molecule has 1 aliphatic rings. The van der Waals surface area contributed by atoms with Gasteiger partial charge in [0, 0.05) is 12.1 Å². The molecule has 300 valence electrons. The first kappa shape index (κ1) is 45.5. The number of hydrogen-bond donors (Lipinski definition) is 8. The number of amides is 7. The first-order valence-corrected chi connectivity index (χ1v) is 18.7. The molecule has 0 aliphatic heterocycles. The molecule has 7 amide bonds. The van der Waals surface area contributed by atoms with Gasteiger partial charge in [-0.25, -0.2) is 9.59 Å². The SMILES string of the molecule is COc1ccc(NC(=O)N[C@@H](CCC(N)=O)C(=O)N[C@@H](CC2CCCCC2)C(=O)N[C@@H](CC(=O)O)C(=O)N[C@@H](CC(C)C)C(=O)N[C@@H](C)C(=O)OI)cc1. The average Bonchev–Trinajstić information content (AvgIpc) is 3.12. The Bertz CT molecular complexity index is 1470. The number of methoxy groups -OCH3 is 1. The number of nitrogens with two attached hydrogens (primary N) is 1. The third-order valence-corrected chi connectivity index (χ3v) is 9.15. The number of nitrogens with one attached hydrogen (secondary N) is 6. The summed E-state index contributed by atoms with van der Waals surface area (Å²) >= 11 is 1.38. The molecule has 5 atom stereocenters. The molecule has 54 heavy (non-hydrogen) atoms. The zero-order valence-electron chi connectivity index (χ0n) is 30.9. The van der Waals surface area contributed by atoms with Crippen LogP contribution in [-0.4, -0.2) is 89.9 Å². The Hall–Kier alpha value is -4.69. The number of aliphatic carboxylic acids is 1. The summed E-state index contributed by atoms with van der Waals surface area (Å²) < 4.78 is 9.73. The van der Waals surface area contributed by atoms with E-state index in [0.717, 1.165) is 32.1 Å². The van der Waals surface area contributed by atoms with Gasteiger partial charge in [0.25, 0.3) is 0 Å². The summed E-state index contributed by atoms with van der Waals surface area (Å²) in [5.74, 6) is -5.83. The van der Waals surface area contributed by atoms with Crippen LogP contribution in [0.1, 0.15) is 85.0 Å². The summed E-state index contributed by atoms with van der Waals surface area (Å²) in [5.41, 5.74) is 5.71. The van der Waals surface area contributed by atoms with Gasteiger partial charge in [-0.15, -0.1) is 0 Å². The van der Waals surface area contributed by atoms with Gasteiger partial charge in [-0.2, -0.15) is 0 Å². The first-order valence-electron chi connectivity index (χ1n) is 17.8. The fourth-order valence-electron chi connectivity index (χ4n) is 5.89. The minimum atomic E-state index is -1.67. The van der Waals surface area contributed by atoms with Gasteiger partial charge in [-0.3, -0.25) is 28.8 Å². The molecule has 0 spiro atoms. The van der Waals surface area contributed by atoms with Crippen LogP contribution in [0.4, 0.5) is 10.5 Å². The lowest BCUT2D eigenvalue weighted by Crippen LogP contribution is -2.59. The highest BCUT2D eigenvalue weighted by atomic mass is 127. The monoisotopic (exact) mass is 873 g/mol. The standard InChI is InChI=1S/C35H52IN7O11/c1-19(2)16-25(31(48)38-20(3)34(51)54-36)40-33(50)27(18-29(45)46)42-32(49)26(17-21-8-6-5-7-9-21)41-30(47)24(14-15-28(37)44)43-35(52)39-22-10-12-23(53-4)13-11-22/h10-13,19-21,24-27H,5-9,14-18H2,1-4H3,(H2,37,44)(H,38,48)(H,40,50)(H,41,47)(H,42,49)(H,45,46)(H2,39,43,52)/t20-,24-,25-,26-,27-/m0/s1. The van der Waals surface area contributed by atoms with E-state index in [1.807, 2.05) is 0 Å². The molecule has 0 saturated heterocycles. The maximum Gasteiger partial charge on any atom is 0.337 e. The molecule has 1 aromatic rings. The zero-order valence-corrected chi connectivity index (χ0v) is 33.1. The maximum absolute atomic E-state index is 13.9. The molecule has 1 aromatic carbocycles. The molecular weight excluding hydrogens is 821 g/mol. The molecule has 0 bridgehead atoms. The van der Waals surface area contributed by atoms with E-state index in [1.54, 1.807) is 38.1 Å². The highest BCUT2D eigenvalue weighted by Gasteiger charge is 2.34. The van der Waals surface area contributed by atoms with Crippen molar-refractivity contribution in [3.8, 4) is 5.75 Å². The van der Waals surface area contributed by atoms with Crippen molar-refractivity contribution in [1.29, 1.82) is 0 Å². The van der Waals surface area contributed by atoms with Gasteiger partial charge < -0.3 is 50.5 Å². The van der Waals surface area contributed by atoms with E-state index in [2.05, 4.69) is 35.0 Å². The molecule has 18 nitrogen and oxygen atoms in total. The number of carboxylic acid groups (broad SMARTS) is 1. The number of primary amides is 1. The summed E-state index contributed by atoms with van der Waals surface area (Å²) in [7, 11) is 1.49. The van der Waals surface area contributed by atoms with E-state index in [1.165, 1.54) is 37.0 Å². The molecule has 1 saturated carbocycles. The molecular formula is C35H52IN7O11. The van der Waals surface area contributed by atoms with Crippen LogP contribution in [-0.2, 0) is 36.6 Å². The fraction of sp³-hybridized carbons (Fsp3) is 0.600. The Labute approximate surface area is 328 Å². The molecule has 19 heteroatoms. The normalized spacial score (nSPS) is 15.6. The van der Waals surface area contributed by atoms with E-state index in [4.69, 9.17) is 10.5 Å². The summed E-state index contributed by atoms with van der Waals surface area (Å²) in [4.78, 5) is 103. The van der Waals surface area contributed by atoms with E-state index in [0.29, 0.717) is 11.4 Å². The number of ether oxygens (including phenoxy) is 1. The summed E-state index contributed by atoms with van der Waals surface area (Å²) in [6.07, 6.45) is 3.26. The van der Waals surface area contributed by atoms with E-state index < -0.39 is 84.1 Å². The van der Waals surface area contributed by atoms with Crippen molar-refractivity contribution in [1.82, 2.24) is 26.6 Å². The van der Waals surface area contributed by atoms with E-state index >= 15 is 0 Å². The Morgan fingerprint density at radius 1 is 0.796 bits per heavy atom. The van der Waals surface area contributed by atoms with Crippen molar-refractivity contribution >= 4 is 76.2 Å². The molecule has 1 aliphatic carbocycles. The minimum Gasteiger partial charge on any atom is -0.497 e. The van der Waals surface area contributed by atoms with Crippen molar-refractivity contribution in [2.75, 3.05) is 12.4 Å². The van der Waals surface area contributed by atoms with Crippen LogP contribution >= 0.6 is 23.0 Å². The molecule has 0 aromatic heterocycles. The highest BCUT2D eigenvalue weighted by molar-refractivity contribution is 14.1. The molecule has 0 heterocycles. The second kappa shape index (κ2) is 23.2. The van der Waals surface area contributed by atoms with Gasteiger partial charge in [-0.05, 0) is 62.3 Å². The van der Waals surface area contributed by atoms with E-state index in [-0.39, 0.29) is 37.5 Å². The Morgan fingerprint density at radius 2 is 1.35 bits per heavy atom. The number of carboxylic acids is 1. The van der Waals surface area contributed by atoms with Crippen LogP contribution in [0.2, 0.25) is 0 Å². The third-order valence-electron chi connectivity index (χ3n) is 8.72. The maximum atomic E-state index is 13.9. The van der Waals surface area contributed by atoms with Crippen LogP contribution in [0.25, 0.3) is 0 Å². The van der Waals surface area contributed by atoms with Crippen LogP contribution in [0.15, 0.2) is 24.3 Å². The van der Waals surface area contributed by atoms with Gasteiger partial charge in [0.15, 0.2) is 23.0 Å². The fourth-order valence-corrected chi connectivity index (χ4v) is 6.27. The van der Waals surface area contributed by atoms with Crippen LogP contribution in [0, 0.1) is 11.8 Å². The lowest BCUT2D eigenvalue weighted by Gasteiger charge is -2.29. The number of rotatable bonds is 21. The lowest BCUT2D eigenvalue weighted by molar-refractivity contribution is -0.142. The van der Waals surface area contributed by atoms with E-state index in [9.17, 15) is 43.5 Å². The Balaban J connectivity index is 2.31. The minimum absolute atomic E-state index is 0.00675. The largest absolute Gasteiger partial charge is 0.497 e. The third kappa shape index (κ3) is 16.5. The first-order chi connectivity index (χ1) is 25.5. The van der Waals surface area contributed by atoms with Crippen LogP contribution in [0.3, 0.4) is 0 Å². The van der Waals surface area contributed by atoms with Gasteiger partial charge in [0.1, 0.15) is 36.0 Å². The number of anilines is 1. The quantitative estimate of drug-likeness (QED) is 0.0825. The molecule has 1 fully saturated rings. The predicted molar refractivity (Wildman–Crippen MR) is 204 cm³/mol. The molecule has 2 rings (SSSR count). The predicted octanol–water partition coefficient (Wildman–Crippen LogP) is 1.79. The number of carbonyl (C=O) groups is 8. The molecule has 0 radical (unpaired) electrons. The lowest BCUT2D eigenvalue weighted by atomic mass is 9.84. The Kier molecular flexibility index (Phi) is 19.5. The van der Waals surface area contributed by atoms with Gasteiger partial charge >= 0.3 is 18.0 Å². The van der Waals surface area contributed by atoms with Gasteiger partial charge in [0.05, 0.1) is 13.5 Å². The average molecular weight is 874 g/mol. The number of urea groups is 1.